The minimum Gasteiger partial charge on any atom is -0.398 e. The number of aliphatic hydroxyl groups is 1. The largest absolute Gasteiger partial charge is 0.398 e. The van der Waals surface area contributed by atoms with Gasteiger partial charge in [0.25, 0.3) is 0 Å². The molecule has 0 radical (unpaired) electrons. The summed E-state index contributed by atoms with van der Waals surface area (Å²) in [5.74, 6) is 0. The Hall–Kier alpha value is -1.57. The van der Waals surface area contributed by atoms with Crippen molar-refractivity contribution < 1.29 is 9.94 Å². The van der Waals surface area contributed by atoms with Crippen molar-refractivity contribution in [2.24, 2.45) is 5.16 Å². The predicted molar refractivity (Wildman–Crippen MR) is 56.5 cm³/mol. The van der Waals surface area contributed by atoms with Gasteiger partial charge in [-0.25, -0.2) is 0 Å². The topological polar surface area (TPSA) is 65.6 Å². The maximum atomic E-state index is 9.73. The number of oxime groups is 1. The van der Waals surface area contributed by atoms with Crippen molar-refractivity contribution in [3.05, 3.63) is 34.9 Å². The second-order valence-corrected chi connectivity index (χ2v) is 3.16. The van der Waals surface area contributed by atoms with Gasteiger partial charge in [-0.15, -0.1) is 0 Å². The van der Waals surface area contributed by atoms with Crippen molar-refractivity contribution in [1.82, 2.24) is 0 Å². The van der Waals surface area contributed by atoms with Crippen LogP contribution in [0, 0.1) is 11.3 Å². The van der Waals surface area contributed by atoms with Gasteiger partial charge in [0.1, 0.15) is 19.3 Å². The summed E-state index contributed by atoms with van der Waals surface area (Å²) in [7, 11) is 1.31. The van der Waals surface area contributed by atoms with Crippen molar-refractivity contribution in [3.8, 4) is 6.07 Å². The number of rotatable bonds is 3. The molecule has 5 heteroatoms. The molecule has 1 rings (SSSR count). The van der Waals surface area contributed by atoms with E-state index in [1.807, 2.05) is 0 Å². The molecule has 1 aromatic carbocycles. The molecule has 1 aromatic rings. The van der Waals surface area contributed by atoms with E-state index in [1.165, 1.54) is 7.11 Å². The second-order valence-electron chi connectivity index (χ2n) is 2.72. The normalized spacial score (nSPS) is 13.1. The van der Waals surface area contributed by atoms with Crippen LogP contribution < -0.4 is 0 Å². The van der Waals surface area contributed by atoms with Gasteiger partial charge < -0.3 is 9.94 Å². The van der Waals surface area contributed by atoms with Gasteiger partial charge in [-0.1, -0.05) is 28.9 Å². The lowest BCUT2D eigenvalue weighted by atomic mass is 10.1. The quantitative estimate of drug-likeness (QED) is 0.630. The van der Waals surface area contributed by atoms with Crippen molar-refractivity contribution in [3.63, 3.8) is 0 Å². The number of hydrogen-bond acceptors (Lipinski definition) is 4. The van der Waals surface area contributed by atoms with Crippen LogP contribution in [0.15, 0.2) is 29.4 Å². The highest BCUT2D eigenvalue weighted by Gasteiger charge is 2.15. The molecule has 0 amide bonds. The van der Waals surface area contributed by atoms with Crippen LogP contribution in [0.1, 0.15) is 11.7 Å². The fraction of sp³-hybridized carbons (Fsp3) is 0.200. The third-order valence-corrected chi connectivity index (χ3v) is 2.00. The summed E-state index contributed by atoms with van der Waals surface area (Å²) in [6.07, 6.45) is -1.09. The molecule has 0 heterocycles. The first-order valence-electron chi connectivity index (χ1n) is 4.13. The zero-order chi connectivity index (χ0) is 11.3. The lowest BCUT2D eigenvalue weighted by molar-refractivity contribution is 0.197. The molecule has 15 heavy (non-hydrogen) atoms. The van der Waals surface area contributed by atoms with Gasteiger partial charge >= 0.3 is 0 Å². The maximum absolute atomic E-state index is 9.73. The molecule has 0 saturated heterocycles. The molecule has 0 aliphatic rings. The summed E-state index contributed by atoms with van der Waals surface area (Å²) in [6.45, 7) is 0. The third-order valence-electron chi connectivity index (χ3n) is 1.75. The molecule has 1 atom stereocenters. The molecular weight excluding hydrogens is 216 g/mol. The summed E-state index contributed by atoms with van der Waals surface area (Å²) in [4.78, 5) is 4.44. The van der Waals surface area contributed by atoms with E-state index in [9.17, 15) is 5.11 Å². The Labute approximate surface area is 92.3 Å². The van der Waals surface area contributed by atoms with Crippen LogP contribution in [0.4, 0.5) is 0 Å². The Morgan fingerprint density at radius 1 is 1.53 bits per heavy atom. The average Bonchev–Trinajstić information content (AvgIpc) is 2.26. The van der Waals surface area contributed by atoms with Gasteiger partial charge in [0, 0.05) is 5.02 Å². The molecule has 0 aromatic heterocycles. The highest BCUT2D eigenvalue weighted by molar-refractivity contribution is 6.30. The van der Waals surface area contributed by atoms with Crippen LogP contribution in [0.3, 0.4) is 0 Å². The molecule has 0 unspecified atom stereocenters. The van der Waals surface area contributed by atoms with Gasteiger partial charge in [0.15, 0.2) is 5.71 Å². The van der Waals surface area contributed by atoms with Crippen molar-refractivity contribution in [1.29, 1.82) is 5.26 Å². The first-order chi connectivity index (χ1) is 7.19. The van der Waals surface area contributed by atoms with Crippen LogP contribution in [0.25, 0.3) is 0 Å². The first kappa shape index (κ1) is 11.5. The Balaban J connectivity index is 2.94. The molecule has 0 bridgehead atoms. The molecular formula is C10H9ClN2O2. The molecule has 78 valence electrons. The van der Waals surface area contributed by atoms with Gasteiger partial charge in [-0.05, 0) is 17.7 Å². The van der Waals surface area contributed by atoms with Gasteiger partial charge in [0.05, 0.1) is 0 Å². The summed E-state index contributed by atoms with van der Waals surface area (Å²) in [5, 5.41) is 22.4. The minimum atomic E-state index is -1.09. The highest BCUT2D eigenvalue weighted by atomic mass is 35.5. The molecule has 4 nitrogen and oxygen atoms in total. The minimum absolute atomic E-state index is 0.0974. The monoisotopic (exact) mass is 224 g/mol. The lowest BCUT2D eigenvalue weighted by Gasteiger charge is -2.07. The van der Waals surface area contributed by atoms with E-state index in [1.54, 1.807) is 30.3 Å². The van der Waals surface area contributed by atoms with Crippen LogP contribution in [0.5, 0.6) is 0 Å². The summed E-state index contributed by atoms with van der Waals surface area (Å²) >= 11 is 5.69. The third kappa shape index (κ3) is 2.94. The Morgan fingerprint density at radius 3 is 2.60 bits per heavy atom. The van der Waals surface area contributed by atoms with Gasteiger partial charge in [-0.2, -0.15) is 5.26 Å². The fourth-order valence-corrected chi connectivity index (χ4v) is 1.16. The Morgan fingerprint density at radius 2 is 2.13 bits per heavy atom. The van der Waals surface area contributed by atoms with Crippen LogP contribution in [0.2, 0.25) is 5.02 Å². The zero-order valence-corrected chi connectivity index (χ0v) is 8.77. The highest BCUT2D eigenvalue weighted by Crippen LogP contribution is 2.17. The zero-order valence-electron chi connectivity index (χ0n) is 8.01. The summed E-state index contributed by atoms with van der Waals surface area (Å²) < 4.78 is 0. The number of hydrogen-bond donors (Lipinski definition) is 1. The maximum Gasteiger partial charge on any atom is 0.189 e. The van der Waals surface area contributed by atoms with E-state index >= 15 is 0 Å². The first-order valence-corrected chi connectivity index (χ1v) is 4.51. The SMILES string of the molecule is CO/N=C(\C#N)[C@H](O)c1ccc(Cl)cc1. The van der Waals surface area contributed by atoms with Gasteiger partial charge in [0.2, 0.25) is 0 Å². The second kappa shape index (κ2) is 5.35. The van der Waals surface area contributed by atoms with Crippen LogP contribution in [-0.4, -0.2) is 17.9 Å². The van der Waals surface area contributed by atoms with E-state index in [4.69, 9.17) is 16.9 Å². The Kier molecular flexibility index (Phi) is 4.10. The van der Waals surface area contributed by atoms with E-state index in [0.29, 0.717) is 10.6 Å². The van der Waals surface area contributed by atoms with Crippen molar-refractivity contribution >= 4 is 17.3 Å². The number of halogens is 1. The fourth-order valence-electron chi connectivity index (χ4n) is 1.03. The van der Waals surface area contributed by atoms with E-state index in [-0.39, 0.29) is 5.71 Å². The Bertz CT molecular complexity index is 395. The standard InChI is InChI=1S/C10H9ClN2O2/c1-15-13-9(6-12)10(14)7-2-4-8(11)5-3-7/h2-5,10,14H,1H3/b13-9+/t10-/m1/s1. The van der Waals surface area contributed by atoms with E-state index in [0.717, 1.165) is 0 Å². The molecule has 0 fully saturated rings. The molecule has 0 aliphatic heterocycles. The molecule has 0 saturated carbocycles. The molecule has 1 N–H and O–H groups in total. The van der Waals surface area contributed by atoms with Gasteiger partial charge in [-0.3, -0.25) is 0 Å². The summed E-state index contributed by atoms with van der Waals surface area (Å²) in [6, 6.07) is 8.25. The molecule has 0 spiro atoms. The van der Waals surface area contributed by atoms with Crippen LogP contribution >= 0.6 is 11.6 Å². The predicted octanol–water partition coefficient (Wildman–Crippen LogP) is 1.90. The van der Waals surface area contributed by atoms with E-state index < -0.39 is 6.10 Å². The lowest BCUT2D eigenvalue weighted by Crippen LogP contribution is -2.10. The number of nitrogens with zero attached hydrogens (tertiary/aromatic N) is 2. The van der Waals surface area contributed by atoms with Crippen molar-refractivity contribution in [2.45, 2.75) is 6.10 Å². The number of aliphatic hydroxyl groups excluding tert-OH is 1. The van der Waals surface area contributed by atoms with Crippen molar-refractivity contribution in [2.75, 3.05) is 7.11 Å². The van der Waals surface area contributed by atoms with E-state index in [2.05, 4.69) is 9.99 Å². The van der Waals surface area contributed by atoms with Crippen LogP contribution in [-0.2, 0) is 4.84 Å². The molecule has 0 aliphatic carbocycles. The number of benzene rings is 1. The summed E-state index contributed by atoms with van der Waals surface area (Å²) in [5.41, 5.74) is 0.441. The average molecular weight is 225 g/mol. The smallest absolute Gasteiger partial charge is 0.189 e. The number of nitriles is 1.